The first kappa shape index (κ1) is 12.1. The summed E-state index contributed by atoms with van der Waals surface area (Å²) in [6.07, 6.45) is 2.69. The van der Waals surface area contributed by atoms with Crippen molar-refractivity contribution >= 4 is 5.78 Å². The van der Waals surface area contributed by atoms with Crippen molar-refractivity contribution in [2.24, 2.45) is 5.92 Å². The molecule has 0 aromatic heterocycles. The van der Waals surface area contributed by atoms with Crippen LogP contribution in [-0.2, 0) is 6.42 Å². The number of carbonyl (C=O) groups is 1. The molecule has 0 spiro atoms. The van der Waals surface area contributed by atoms with E-state index in [-0.39, 0.29) is 11.7 Å². The minimum Gasteiger partial charge on any atom is -0.490 e. The van der Waals surface area contributed by atoms with E-state index >= 15 is 0 Å². The predicted octanol–water partition coefficient (Wildman–Crippen LogP) is 3.38. The quantitative estimate of drug-likeness (QED) is 0.736. The Balaban J connectivity index is 2.42. The first-order valence-corrected chi connectivity index (χ1v) is 6.09. The van der Waals surface area contributed by atoms with Crippen molar-refractivity contribution in [2.75, 3.05) is 6.61 Å². The summed E-state index contributed by atoms with van der Waals surface area (Å²) in [5.41, 5.74) is 1.29. The van der Waals surface area contributed by atoms with Gasteiger partial charge in [0.15, 0.2) is 17.3 Å². The normalized spacial score (nSPS) is 15.1. The molecule has 0 N–H and O–H groups in total. The van der Waals surface area contributed by atoms with Gasteiger partial charge in [0.1, 0.15) is 0 Å². The molecule has 17 heavy (non-hydrogen) atoms. The van der Waals surface area contributed by atoms with Gasteiger partial charge >= 0.3 is 0 Å². The molecule has 0 aliphatic carbocycles. The van der Waals surface area contributed by atoms with Crippen LogP contribution in [0.15, 0.2) is 12.1 Å². The van der Waals surface area contributed by atoms with E-state index in [0.29, 0.717) is 17.9 Å². The number of Topliss-reactive ketones (excluding diaryl/α,β-unsaturated/α-hetero) is 1. The highest BCUT2D eigenvalue weighted by Crippen LogP contribution is 2.29. The number of hydrogen-bond donors (Lipinski definition) is 0. The van der Waals surface area contributed by atoms with E-state index in [1.165, 1.54) is 6.07 Å². The molecule has 2 rings (SSSR count). The number of halogens is 1. The van der Waals surface area contributed by atoms with Crippen LogP contribution in [0.25, 0.3) is 0 Å². The molecule has 0 saturated heterocycles. The topological polar surface area (TPSA) is 26.3 Å². The molecule has 2 nitrogen and oxygen atoms in total. The molecular weight excluding hydrogens is 219 g/mol. The third-order valence-electron chi connectivity index (χ3n) is 3.02. The molecule has 1 aromatic rings. The van der Waals surface area contributed by atoms with Crippen molar-refractivity contribution in [1.29, 1.82) is 0 Å². The van der Waals surface area contributed by atoms with Gasteiger partial charge in [-0.25, -0.2) is 4.39 Å². The van der Waals surface area contributed by atoms with Crippen LogP contribution in [0.4, 0.5) is 4.39 Å². The van der Waals surface area contributed by atoms with E-state index in [4.69, 9.17) is 4.74 Å². The number of ether oxygens (including phenoxy) is 1. The highest BCUT2D eigenvalue weighted by atomic mass is 19.1. The minimum absolute atomic E-state index is 0.0176. The summed E-state index contributed by atoms with van der Waals surface area (Å²) in [6, 6.07) is 3.08. The highest BCUT2D eigenvalue weighted by molar-refractivity contribution is 5.97. The summed E-state index contributed by atoms with van der Waals surface area (Å²) >= 11 is 0. The number of benzene rings is 1. The minimum atomic E-state index is -0.409. The molecule has 1 aromatic carbocycles. The first-order chi connectivity index (χ1) is 8.09. The van der Waals surface area contributed by atoms with Crippen molar-refractivity contribution in [3.05, 3.63) is 29.1 Å². The molecular formula is C14H17FO2. The zero-order valence-electron chi connectivity index (χ0n) is 10.3. The standard InChI is InChI=1S/C14H17FO2/c1-9(2)13(16)11-7-10-5-3-4-6-17-14(10)12(15)8-11/h7-9H,3-6H2,1-2H3. The van der Waals surface area contributed by atoms with Gasteiger partial charge in [-0.05, 0) is 37.0 Å². The molecule has 1 aliphatic rings. The van der Waals surface area contributed by atoms with E-state index in [1.807, 2.05) is 13.8 Å². The molecule has 0 bridgehead atoms. The lowest BCUT2D eigenvalue weighted by Crippen LogP contribution is -2.09. The Kier molecular flexibility index (Phi) is 3.46. The van der Waals surface area contributed by atoms with E-state index in [0.717, 1.165) is 24.8 Å². The maximum atomic E-state index is 13.9. The van der Waals surface area contributed by atoms with E-state index in [1.54, 1.807) is 6.07 Å². The van der Waals surface area contributed by atoms with Gasteiger partial charge in [0.2, 0.25) is 0 Å². The molecule has 0 radical (unpaired) electrons. The number of carbonyl (C=O) groups excluding carboxylic acids is 1. The lowest BCUT2D eigenvalue weighted by atomic mass is 9.97. The molecule has 1 aliphatic heterocycles. The second kappa shape index (κ2) is 4.86. The summed E-state index contributed by atoms with van der Waals surface area (Å²) in [6.45, 7) is 4.20. The number of ketones is 1. The maximum Gasteiger partial charge on any atom is 0.166 e. The maximum absolute atomic E-state index is 13.9. The van der Waals surface area contributed by atoms with Crippen molar-refractivity contribution in [2.45, 2.75) is 33.1 Å². The number of fused-ring (bicyclic) bond motifs is 1. The van der Waals surface area contributed by atoms with Gasteiger partial charge in [-0.2, -0.15) is 0 Å². The largest absolute Gasteiger partial charge is 0.490 e. The van der Waals surface area contributed by atoms with Crippen LogP contribution in [0.3, 0.4) is 0 Å². The SMILES string of the molecule is CC(C)C(=O)c1cc(F)c2c(c1)CCCCO2. The number of hydrogen-bond acceptors (Lipinski definition) is 2. The number of aryl methyl sites for hydroxylation is 1. The third-order valence-corrected chi connectivity index (χ3v) is 3.02. The van der Waals surface area contributed by atoms with E-state index < -0.39 is 5.82 Å². The monoisotopic (exact) mass is 236 g/mol. The lowest BCUT2D eigenvalue weighted by molar-refractivity contribution is 0.0938. The van der Waals surface area contributed by atoms with Crippen LogP contribution in [0.1, 0.15) is 42.6 Å². The Bertz CT molecular complexity index is 438. The fourth-order valence-electron chi connectivity index (χ4n) is 2.07. The summed E-state index contributed by atoms with van der Waals surface area (Å²) < 4.78 is 19.2. The molecule has 0 amide bonds. The fourth-order valence-corrected chi connectivity index (χ4v) is 2.07. The average Bonchev–Trinajstić information content (AvgIpc) is 2.53. The Morgan fingerprint density at radius 3 is 2.82 bits per heavy atom. The van der Waals surface area contributed by atoms with Crippen molar-refractivity contribution in [3.63, 3.8) is 0 Å². The van der Waals surface area contributed by atoms with Gasteiger partial charge in [0.05, 0.1) is 6.61 Å². The number of rotatable bonds is 2. The van der Waals surface area contributed by atoms with Crippen LogP contribution in [0, 0.1) is 11.7 Å². The van der Waals surface area contributed by atoms with Gasteiger partial charge < -0.3 is 4.74 Å². The highest BCUT2D eigenvalue weighted by Gasteiger charge is 2.19. The van der Waals surface area contributed by atoms with Gasteiger partial charge in [-0.3, -0.25) is 4.79 Å². The smallest absolute Gasteiger partial charge is 0.166 e. The molecule has 0 atom stereocenters. The van der Waals surface area contributed by atoms with Gasteiger partial charge in [0.25, 0.3) is 0 Å². The zero-order valence-corrected chi connectivity index (χ0v) is 10.3. The summed E-state index contributed by atoms with van der Waals surface area (Å²) in [5, 5.41) is 0. The first-order valence-electron chi connectivity index (χ1n) is 6.09. The van der Waals surface area contributed by atoms with Crippen LogP contribution >= 0.6 is 0 Å². The molecule has 3 heteroatoms. The van der Waals surface area contributed by atoms with E-state index in [9.17, 15) is 9.18 Å². The average molecular weight is 236 g/mol. The Morgan fingerprint density at radius 2 is 2.12 bits per heavy atom. The molecule has 1 heterocycles. The lowest BCUT2D eigenvalue weighted by Gasteiger charge is -2.11. The fraction of sp³-hybridized carbons (Fsp3) is 0.500. The summed E-state index contributed by atoms with van der Waals surface area (Å²) in [4.78, 5) is 11.9. The van der Waals surface area contributed by atoms with Gasteiger partial charge in [-0.1, -0.05) is 13.8 Å². The molecule has 0 fully saturated rings. The van der Waals surface area contributed by atoms with Crippen molar-refractivity contribution < 1.29 is 13.9 Å². The summed E-state index contributed by atoms with van der Waals surface area (Å²) in [7, 11) is 0. The van der Waals surface area contributed by atoms with E-state index in [2.05, 4.69) is 0 Å². The Morgan fingerprint density at radius 1 is 1.35 bits per heavy atom. The predicted molar refractivity (Wildman–Crippen MR) is 64.0 cm³/mol. The Hall–Kier alpha value is -1.38. The third kappa shape index (κ3) is 2.48. The van der Waals surface area contributed by atoms with Crippen LogP contribution in [0.5, 0.6) is 5.75 Å². The second-order valence-electron chi connectivity index (χ2n) is 4.77. The molecule has 0 saturated carbocycles. The van der Waals surface area contributed by atoms with Crippen molar-refractivity contribution in [3.8, 4) is 5.75 Å². The van der Waals surface area contributed by atoms with Gasteiger partial charge in [-0.15, -0.1) is 0 Å². The van der Waals surface area contributed by atoms with Crippen molar-refractivity contribution in [1.82, 2.24) is 0 Å². The van der Waals surface area contributed by atoms with Crippen LogP contribution < -0.4 is 4.74 Å². The Labute approximate surface area is 101 Å². The summed E-state index contributed by atoms with van der Waals surface area (Å²) in [5.74, 6) is -0.203. The molecule has 92 valence electrons. The van der Waals surface area contributed by atoms with Crippen LogP contribution in [0.2, 0.25) is 0 Å². The molecule has 0 unspecified atom stereocenters. The zero-order chi connectivity index (χ0) is 12.4. The second-order valence-corrected chi connectivity index (χ2v) is 4.77. The van der Waals surface area contributed by atoms with Crippen LogP contribution in [-0.4, -0.2) is 12.4 Å². The van der Waals surface area contributed by atoms with Gasteiger partial charge in [0, 0.05) is 11.5 Å².